The van der Waals surface area contributed by atoms with Gasteiger partial charge in [-0.25, -0.2) is 16.8 Å². The Morgan fingerprint density at radius 3 is 2.16 bits per heavy atom. The maximum atomic E-state index is 13.1. The highest BCUT2D eigenvalue weighted by Crippen LogP contribution is 2.27. The molecular formula is C20H14FNO2S. The summed E-state index contributed by atoms with van der Waals surface area (Å²) in [6, 6.07) is 21.8. The lowest BCUT2D eigenvalue weighted by Crippen LogP contribution is -2.11. The molecule has 4 rings (SSSR count). The van der Waals surface area contributed by atoms with E-state index < -0.39 is 10.0 Å². The number of rotatable bonds is 3. The molecule has 0 aliphatic heterocycles. The van der Waals surface area contributed by atoms with Crippen LogP contribution in [-0.2, 0) is 10.0 Å². The van der Waals surface area contributed by atoms with Crippen molar-refractivity contribution >= 4 is 20.9 Å². The van der Waals surface area contributed by atoms with Crippen molar-refractivity contribution in [3.8, 4) is 11.1 Å². The van der Waals surface area contributed by atoms with Crippen LogP contribution in [0.5, 0.6) is 0 Å². The summed E-state index contributed by atoms with van der Waals surface area (Å²) in [7, 11) is -3.64. The number of aromatic nitrogens is 1. The minimum absolute atomic E-state index is 0.245. The molecule has 5 heteroatoms. The third-order valence-electron chi connectivity index (χ3n) is 4.13. The molecule has 0 fully saturated rings. The Morgan fingerprint density at radius 1 is 0.760 bits per heavy atom. The number of hydrogen-bond donors (Lipinski definition) is 0. The van der Waals surface area contributed by atoms with Gasteiger partial charge in [-0.1, -0.05) is 36.4 Å². The average molecular weight is 351 g/mol. The monoisotopic (exact) mass is 351 g/mol. The third kappa shape index (κ3) is 2.72. The summed E-state index contributed by atoms with van der Waals surface area (Å²) in [5.41, 5.74) is 2.39. The molecule has 1 aromatic heterocycles. The fourth-order valence-electron chi connectivity index (χ4n) is 2.85. The summed E-state index contributed by atoms with van der Waals surface area (Å²) in [5.74, 6) is -0.287. The van der Waals surface area contributed by atoms with E-state index in [-0.39, 0.29) is 10.7 Å². The summed E-state index contributed by atoms with van der Waals surface area (Å²) in [6.07, 6.45) is 1.56. The first kappa shape index (κ1) is 15.6. The van der Waals surface area contributed by atoms with E-state index in [9.17, 15) is 12.8 Å². The Labute approximate surface area is 145 Å². The first-order valence-corrected chi connectivity index (χ1v) is 9.17. The summed E-state index contributed by atoms with van der Waals surface area (Å²) >= 11 is 0. The van der Waals surface area contributed by atoms with Crippen molar-refractivity contribution in [2.24, 2.45) is 0 Å². The highest BCUT2D eigenvalue weighted by atomic mass is 32.2. The van der Waals surface area contributed by atoms with Gasteiger partial charge in [-0.3, -0.25) is 0 Å². The van der Waals surface area contributed by atoms with E-state index in [0.29, 0.717) is 5.52 Å². The van der Waals surface area contributed by atoms with Gasteiger partial charge in [0.15, 0.2) is 0 Å². The van der Waals surface area contributed by atoms with Crippen LogP contribution in [-0.4, -0.2) is 12.4 Å². The van der Waals surface area contributed by atoms with E-state index in [0.717, 1.165) is 16.5 Å². The molecule has 25 heavy (non-hydrogen) atoms. The Hall–Kier alpha value is -2.92. The molecule has 0 amide bonds. The van der Waals surface area contributed by atoms with Crippen molar-refractivity contribution in [2.75, 3.05) is 0 Å². The Balaban J connectivity index is 1.82. The van der Waals surface area contributed by atoms with Gasteiger partial charge in [-0.2, -0.15) is 0 Å². The summed E-state index contributed by atoms with van der Waals surface area (Å²) in [5, 5.41) is 0.807. The normalized spacial score (nSPS) is 11.7. The zero-order valence-electron chi connectivity index (χ0n) is 13.1. The first-order chi connectivity index (χ1) is 12.1. The molecule has 0 bridgehead atoms. The zero-order chi connectivity index (χ0) is 17.4. The van der Waals surface area contributed by atoms with Gasteiger partial charge < -0.3 is 0 Å². The summed E-state index contributed by atoms with van der Waals surface area (Å²) < 4.78 is 40.0. The van der Waals surface area contributed by atoms with Gasteiger partial charge in [-0.15, -0.1) is 0 Å². The van der Waals surface area contributed by atoms with Crippen LogP contribution < -0.4 is 0 Å². The van der Waals surface area contributed by atoms with Crippen molar-refractivity contribution in [3.63, 3.8) is 0 Å². The van der Waals surface area contributed by atoms with Gasteiger partial charge in [-0.05, 0) is 53.6 Å². The van der Waals surface area contributed by atoms with E-state index in [1.807, 2.05) is 12.1 Å². The van der Waals surface area contributed by atoms with Crippen LogP contribution in [0.3, 0.4) is 0 Å². The lowest BCUT2D eigenvalue weighted by molar-refractivity contribution is 0.589. The molecule has 0 aliphatic rings. The van der Waals surface area contributed by atoms with Crippen LogP contribution in [0.1, 0.15) is 0 Å². The molecule has 4 aromatic rings. The van der Waals surface area contributed by atoms with E-state index in [1.165, 1.54) is 16.1 Å². The smallest absolute Gasteiger partial charge is 0.241 e. The van der Waals surface area contributed by atoms with E-state index in [4.69, 9.17) is 0 Å². The van der Waals surface area contributed by atoms with Crippen molar-refractivity contribution in [2.45, 2.75) is 4.90 Å². The van der Waals surface area contributed by atoms with Crippen LogP contribution in [0.2, 0.25) is 0 Å². The van der Waals surface area contributed by atoms with E-state index in [1.54, 1.807) is 60.8 Å². The predicted molar refractivity (Wildman–Crippen MR) is 96.4 cm³/mol. The van der Waals surface area contributed by atoms with Gasteiger partial charge >= 0.3 is 0 Å². The van der Waals surface area contributed by atoms with Crippen LogP contribution in [0.15, 0.2) is 90.0 Å². The molecule has 0 unspecified atom stereocenters. The highest BCUT2D eigenvalue weighted by Gasteiger charge is 2.18. The number of fused-ring (bicyclic) bond motifs is 1. The van der Waals surface area contributed by atoms with Crippen molar-refractivity contribution in [1.82, 2.24) is 3.97 Å². The molecule has 0 radical (unpaired) electrons. The summed E-state index contributed by atoms with van der Waals surface area (Å²) in [6.45, 7) is 0. The molecule has 0 aliphatic carbocycles. The van der Waals surface area contributed by atoms with E-state index >= 15 is 0 Å². The maximum Gasteiger partial charge on any atom is 0.268 e. The van der Waals surface area contributed by atoms with Gasteiger partial charge in [0.2, 0.25) is 0 Å². The molecule has 0 spiro atoms. The number of nitrogens with zero attached hydrogens (tertiary/aromatic N) is 1. The molecule has 0 saturated carbocycles. The van der Waals surface area contributed by atoms with Gasteiger partial charge in [0.1, 0.15) is 5.82 Å². The Bertz CT molecular complexity index is 1150. The molecule has 3 aromatic carbocycles. The largest absolute Gasteiger partial charge is 0.268 e. The number of halogens is 1. The SMILES string of the molecule is O=S(=O)(c1ccccc1)n1ccc2cc(-c3ccc(F)cc3)ccc21. The second-order valence-electron chi connectivity index (χ2n) is 5.71. The molecule has 0 saturated heterocycles. The number of hydrogen-bond acceptors (Lipinski definition) is 2. The molecule has 1 heterocycles. The second kappa shape index (κ2) is 5.86. The van der Waals surface area contributed by atoms with Crippen molar-refractivity contribution in [3.05, 3.63) is 90.9 Å². The average Bonchev–Trinajstić information content (AvgIpc) is 3.07. The quantitative estimate of drug-likeness (QED) is 0.537. The van der Waals surface area contributed by atoms with Crippen LogP contribution in [0, 0.1) is 5.82 Å². The fourth-order valence-corrected chi connectivity index (χ4v) is 4.23. The van der Waals surface area contributed by atoms with Crippen LogP contribution in [0.25, 0.3) is 22.0 Å². The van der Waals surface area contributed by atoms with Crippen molar-refractivity contribution < 1.29 is 12.8 Å². The minimum atomic E-state index is -3.64. The predicted octanol–water partition coefficient (Wildman–Crippen LogP) is 4.68. The third-order valence-corrected chi connectivity index (χ3v) is 5.84. The lowest BCUT2D eigenvalue weighted by atomic mass is 10.0. The molecular weight excluding hydrogens is 337 g/mol. The molecule has 0 N–H and O–H groups in total. The summed E-state index contributed by atoms with van der Waals surface area (Å²) in [4.78, 5) is 0.245. The van der Waals surface area contributed by atoms with Crippen LogP contribution >= 0.6 is 0 Å². The topological polar surface area (TPSA) is 39.1 Å². The maximum absolute atomic E-state index is 13.1. The fraction of sp³-hybridized carbons (Fsp3) is 0. The van der Waals surface area contributed by atoms with Crippen molar-refractivity contribution in [1.29, 1.82) is 0 Å². The number of benzene rings is 3. The van der Waals surface area contributed by atoms with Crippen LogP contribution in [0.4, 0.5) is 4.39 Å². The highest BCUT2D eigenvalue weighted by molar-refractivity contribution is 7.90. The Kier molecular flexibility index (Phi) is 3.66. The van der Waals surface area contributed by atoms with Gasteiger partial charge in [0.25, 0.3) is 10.0 Å². The molecule has 124 valence electrons. The van der Waals surface area contributed by atoms with E-state index in [2.05, 4.69) is 0 Å². The standard InChI is InChI=1S/C20H14FNO2S/c21-18-9-6-15(7-10-18)16-8-11-20-17(14-16)12-13-22(20)25(23,24)19-4-2-1-3-5-19/h1-14H. The second-order valence-corrected chi connectivity index (χ2v) is 7.53. The zero-order valence-corrected chi connectivity index (χ0v) is 13.9. The molecule has 3 nitrogen and oxygen atoms in total. The van der Waals surface area contributed by atoms with Gasteiger partial charge in [0.05, 0.1) is 10.4 Å². The first-order valence-electron chi connectivity index (χ1n) is 7.73. The lowest BCUT2D eigenvalue weighted by Gasteiger charge is -2.08. The van der Waals surface area contributed by atoms with Gasteiger partial charge in [0, 0.05) is 11.6 Å². The minimum Gasteiger partial charge on any atom is -0.241 e. The molecule has 0 atom stereocenters. The Morgan fingerprint density at radius 2 is 1.44 bits per heavy atom.